The monoisotopic (exact) mass is 405 g/mol. The second-order valence-electron chi connectivity index (χ2n) is 6.70. The van der Waals surface area contributed by atoms with E-state index in [9.17, 15) is 14.4 Å². The second-order valence-corrected chi connectivity index (χ2v) is 6.70. The molecule has 0 saturated carbocycles. The first-order valence-electron chi connectivity index (χ1n) is 9.69. The summed E-state index contributed by atoms with van der Waals surface area (Å²) in [6.45, 7) is 3.33. The van der Waals surface area contributed by atoms with Crippen LogP contribution in [-0.2, 0) is 14.3 Å². The molecule has 7 heteroatoms. The molecule has 0 saturated heterocycles. The van der Waals surface area contributed by atoms with E-state index in [1.165, 1.54) is 0 Å². The lowest BCUT2D eigenvalue weighted by atomic mass is 10.0. The zero-order valence-electron chi connectivity index (χ0n) is 16.8. The topological polar surface area (TPSA) is 97.4 Å². The Balaban J connectivity index is 1.78. The predicted octanol–water partition coefficient (Wildman–Crippen LogP) is 2.70. The highest BCUT2D eigenvalue weighted by Crippen LogP contribution is 2.25. The van der Waals surface area contributed by atoms with Gasteiger partial charge in [-0.1, -0.05) is 48.5 Å². The number of ether oxygens (including phenoxy) is 1. The van der Waals surface area contributed by atoms with Crippen LogP contribution < -0.4 is 10.6 Å². The van der Waals surface area contributed by atoms with Crippen LogP contribution in [0.4, 0.5) is 0 Å². The summed E-state index contributed by atoms with van der Waals surface area (Å²) in [5, 5.41) is 5.76. The molecule has 2 N–H and O–H groups in total. The van der Waals surface area contributed by atoms with Crippen LogP contribution in [-0.4, -0.2) is 42.0 Å². The number of carbonyl (C=O) groups is 3. The predicted molar refractivity (Wildman–Crippen MR) is 114 cm³/mol. The molecular weight excluding hydrogens is 382 g/mol. The lowest BCUT2D eigenvalue weighted by molar-refractivity contribution is -0.130. The third-order valence-electron chi connectivity index (χ3n) is 4.46. The molecule has 2 aromatic carbocycles. The van der Waals surface area contributed by atoms with Gasteiger partial charge in [0, 0.05) is 17.5 Å². The molecule has 30 heavy (non-hydrogen) atoms. The number of benzene rings is 2. The number of nitrogens with one attached hydrogen (secondary N) is 2. The molecule has 2 amide bonds. The van der Waals surface area contributed by atoms with Crippen molar-refractivity contribution >= 4 is 28.7 Å². The van der Waals surface area contributed by atoms with Crippen LogP contribution in [0.1, 0.15) is 24.2 Å². The van der Waals surface area contributed by atoms with Crippen LogP contribution in [0.15, 0.2) is 60.7 Å². The van der Waals surface area contributed by atoms with Gasteiger partial charge in [-0.25, -0.2) is 9.78 Å². The molecule has 0 bridgehead atoms. The van der Waals surface area contributed by atoms with Crippen molar-refractivity contribution in [3.63, 3.8) is 0 Å². The summed E-state index contributed by atoms with van der Waals surface area (Å²) in [7, 11) is 0. The third-order valence-corrected chi connectivity index (χ3v) is 4.46. The van der Waals surface area contributed by atoms with Gasteiger partial charge in [0.25, 0.3) is 5.91 Å². The fourth-order valence-electron chi connectivity index (χ4n) is 2.99. The molecular formula is C23H23N3O4. The Hall–Kier alpha value is -3.74. The van der Waals surface area contributed by atoms with Gasteiger partial charge in [0.1, 0.15) is 6.04 Å². The normalized spacial score (nSPS) is 11.5. The van der Waals surface area contributed by atoms with Gasteiger partial charge in [-0.15, -0.1) is 0 Å². The third kappa shape index (κ3) is 5.00. The Bertz CT molecular complexity index is 1070. The first kappa shape index (κ1) is 21.0. The lowest BCUT2D eigenvalue weighted by Crippen LogP contribution is -2.46. The van der Waals surface area contributed by atoms with Crippen LogP contribution in [0.25, 0.3) is 22.2 Å². The van der Waals surface area contributed by atoms with E-state index in [1.807, 2.05) is 48.5 Å². The zero-order valence-corrected chi connectivity index (χ0v) is 16.8. The van der Waals surface area contributed by atoms with Crippen LogP contribution in [0, 0.1) is 0 Å². The van der Waals surface area contributed by atoms with Crippen molar-refractivity contribution < 1.29 is 19.1 Å². The first-order chi connectivity index (χ1) is 14.5. The van der Waals surface area contributed by atoms with E-state index in [4.69, 9.17) is 4.74 Å². The number of likely N-dealkylation sites (N-methyl/N-ethyl adjacent to an activating group) is 1. The molecule has 0 fully saturated rings. The van der Waals surface area contributed by atoms with Crippen molar-refractivity contribution in [3.8, 4) is 11.3 Å². The molecule has 0 aliphatic carbocycles. The van der Waals surface area contributed by atoms with E-state index in [0.29, 0.717) is 28.7 Å². The van der Waals surface area contributed by atoms with Gasteiger partial charge < -0.3 is 15.4 Å². The first-order valence-corrected chi connectivity index (χ1v) is 9.69. The summed E-state index contributed by atoms with van der Waals surface area (Å²) in [5.41, 5.74) is 2.48. The highest BCUT2D eigenvalue weighted by Gasteiger charge is 2.19. The Morgan fingerprint density at radius 2 is 1.73 bits per heavy atom. The molecule has 1 aromatic heterocycles. The smallest absolute Gasteiger partial charge is 0.339 e. The average Bonchev–Trinajstić information content (AvgIpc) is 2.77. The minimum absolute atomic E-state index is 0.301. The number of nitrogens with zero attached hydrogens (tertiary/aromatic N) is 1. The van der Waals surface area contributed by atoms with E-state index < -0.39 is 24.5 Å². The van der Waals surface area contributed by atoms with Gasteiger partial charge in [-0.05, 0) is 26.0 Å². The number of aromatic nitrogens is 1. The summed E-state index contributed by atoms with van der Waals surface area (Å²) in [6.07, 6.45) is 0. The highest BCUT2D eigenvalue weighted by atomic mass is 16.5. The molecule has 0 spiro atoms. The molecule has 0 radical (unpaired) electrons. The molecule has 0 aliphatic rings. The van der Waals surface area contributed by atoms with Crippen LogP contribution in [0.5, 0.6) is 0 Å². The Morgan fingerprint density at radius 3 is 2.47 bits per heavy atom. The zero-order chi connectivity index (χ0) is 21.5. The molecule has 1 atom stereocenters. The number of esters is 1. The van der Waals surface area contributed by atoms with E-state index in [1.54, 1.807) is 26.0 Å². The number of para-hydroxylation sites is 1. The van der Waals surface area contributed by atoms with Crippen LogP contribution in [0.3, 0.4) is 0 Å². The largest absolute Gasteiger partial charge is 0.452 e. The average molecular weight is 405 g/mol. The van der Waals surface area contributed by atoms with Crippen molar-refractivity contribution in [1.29, 1.82) is 0 Å². The Morgan fingerprint density at radius 1 is 1.03 bits per heavy atom. The number of hydrogen-bond acceptors (Lipinski definition) is 5. The highest BCUT2D eigenvalue weighted by molar-refractivity contribution is 6.05. The van der Waals surface area contributed by atoms with Gasteiger partial charge in [0.2, 0.25) is 5.91 Å². The number of fused-ring (bicyclic) bond motifs is 1. The van der Waals surface area contributed by atoms with Crippen molar-refractivity contribution in [2.24, 2.45) is 0 Å². The van der Waals surface area contributed by atoms with Crippen molar-refractivity contribution in [2.45, 2.75) is 19.9 Å². The quantitative estimate of drug-likeness (QED) is 0.589. The number of amides is 2. The van der Waals surface area contributed by atoms with Gasteiger partial charge in [0.15, 0.2) is 6.61 Å². The minimum Gasteiger partial charge on any atom is -0.452 e. The maximum absolute atomic E-state index is 12.8. The summed E-state index contributed by atoms with van der Waals surface area (Å²) in [4.78, 5) is 41.2. The van der Waals surface area contributed by atoms with E-state index >= 15 is 0 Å². The van der Waals surface area contributed by atoms with E-state index in [-0.39, 0.29) is 5.91 Å². The number of pyridine rings is 1. The van der Waals surface area contributed by atoms with Gasteiger partial charge in [-0.2, -0.15) is 0 Å². The number of hydrogen-bond donors (Lipinski definition) is 2. The molecule has 154 valence electrons. The van der Waals surface area contributed by atoms with Crippen LogP contribution >= 0.6 is 0 Å². The maximum Gasteiger partial charge on any atom is 0.339 e. The van der Waals surface area contributed by atoms with Crippen molar-refractivity contribution in [1.82, 2.24) is 15.6 Å². The maximum atomic E-state index is 12.8. The summed E-state index contributed by atoms with van der Waals surface area (Å²) < 4.78 is 5.22. The number of rotatable bonds is 7. The van der Waals surface area contributed by atoms with Gasteiger partial charge >= 0.3 is 5.97 Å². The minimum atomic E-state index is -0.720. The molecule has 1 heterocycles. The summed E-state index contributed by atoms with van der Waals surface area (Å²) in [6, 6.07) is 17.7. The molecule has 3 aromatic rings. The Labute approximate surface area is 174 Å². The SMILES string of the molecule is CCNC(=O)[C@@H](C)NC(=O)COC(=O)c1cc(-c2ccccc2)nc2ccccc12. The van der Waals surface area contributed by atoms with E-state index in [0.717, 1.165) is 5.56 Å². The molecule has 0 unspecified atom stereocenters. The van der Waals surface area contributed by atoms with Gasteiger partial charge in [0.05, 0.1) is 16.8 Å². The summed E-state index contributed by atoms with van der Waals surface area (Å²) >= 11 is 0. The fraction of sp³-hybridized carbons (Fsp3) is 0.217. The lowest BCUT2D eigenvalue weighted by Gasteiger charge is -2.14. The number of carbonyl (C=O) groups excluding carboxylic acids is 3. The molecule has 0 aliphatic heterocycles. The van der Waals surface area contributed by atoms with Crippen molar-refractivity contribution in [2.75, 3.05) is 13.2 Å². The molecule has 3 rings (SSSR count). The summed E-state index contributed by atoms with van der Waals surface area (Å²) in [5.74, 6) is -1.49. The fourth-order valence-corrected chi connectivity index (χ4v) is 2.99. The van der Waals surface area contributed by atoms with Gasteiger partial charge in [-0.3, -0.25) is 9.59 Å². The second kappa shape index (κ2) is 9.65. The van der Waals surface area contributed by atoms with Crippen LogP contribution in [0.2, 0.25) is 0 Å². The molecule has 7 nitrogen and oxygen atoms in total. The van der Waals surface area contributed by atoms with Crippen molar-refractivity contribution in [3.05, 3.63) is 66.2 Å². The Kier molecular flexibility index (Phi) is 6.75. The standard InChI is InChI=1S/C23H23N3O4/c1-3-24-22(28)15(2)25-21(27)14-30-23(29)18-13-20(16-9-5-4-6-10-16)26-19-12-8-7-11-17(18)19/h4-13,15H,3,14H2,1-2H3,(H,24,28)(H,25,27)/t15-/m1/s1. The van der Waals surface area contributed by atoms with E-state index in [2.05, 4.69) is 15.6 Å².